The van der Waals surface area contributed by atoms with Crippen LogP contribution >= 0.6 is 0 Å². The van der Waals surface area contributed by atoms with Gasteiger partial charge in [0, 0.05) is 39.3 Å². The van der Waals surface area contributed by atoms with Crippen molar-refractivity contribution in [3.63, 3.8) is 0 Å². The lowest BCUT2D eigenvalue weighted by molar-refractivity contribution is 0.268. The lowest BCUT2D eigenvalue weighted by atomic mass is 9.98. The Labute approximate surface area is 126 Å². The van der Waals surface area contributed by atoms with Crippen LogP contribution in [0.25, 0.3) is 0 Å². The Kier molecular flexibility index (Phi) is 5.74. The summed E-state index contributed by atoms with van der Waals surface area (Å²) in [6, 6.07) is 1.90. The van der Waals surface area contributed by atoms with E-state index in [0.29, 0.717) is 32.0 Å². The molecular formula is C13H25N5O2S. The van der Waals surface area contributed by atoms with Crippen molar-refractivity contribution < 1.29 is 8.42 Å². The number of hydrogen-bond donors (Lipinski definition) is 2. The SMILES string of the molecule is CNCC1CCN(S(=O)(=O)NCCc2ccn(C)n2)CC1. The Hall–Kier alpha value is -0.960. The molecule has 0 bridgehead atoms. The quantitative estimate of drug-likeness (QED) is 0.726. The normalized spacial score (nSPS) is 18.2. The van der Waals surface area contributed by atoms with Crippen LogP contribution < -0.4 is 10.0 Å². The summed E-state index contributed by atoms with van der Waals surface area (Å²) in [5.41, 5.74) is 0.896. The second-order valence-electron chi connectivity index (χ2n) is 5.53. The molecule has 1 aliphatic heterocycles. The number of piperidine rings is 1. The summed E-state index contributed by atoms with van der Waals surface area (Å²) in [6.07, 6.45) is 4.30. The molecule has 21 heavy (non-hydrogen) atoms. The van der Waals surface area contributed by atoms with E-state index in [9.17, 15) is 8.42 Å². The van der Waals surface area contributed by atoms with Crippen molar-refractivity contribution in [2.75, 3.05) is 33.2 Å². The molecule has 0 saturated carbocycles. The smallest absolute Gasteiger partial charge is 0.279 e. The van der Waals surface area contributed by atoms with Crippen LogP contribution in [0.1, 0.15) is 18.5 Å². The maximum Gasteiger partial charge on any atom is 0.279 e. The average Bonchev–Trinajstić information content (AvgIpc) is 2.85. The molecule has 2 rings (SSSR count). The highest BCUT2D eigenvalue weighted by Crippen LogP contribution is 2.18. The van der Waals surface area contributed by atoms with Gasteiger partial charge in [0.1, 0.15) is 0 Å². The molecular weight excluding hydrogens is 290 g/mol. The molecule has 2 heterocycles. The van der Waals surface area contributed by atoms with Crippen molar-refractivity contribution in [2.45, 2.75) is 19.3 Å². The van der Waals surface area contributed by atoms with Gasteiger partial charge in [-0.05, 0) is 38.4 Å². The van der Waals surface area contributed by atoms with E-state index in [0.717, 1.165) is 25.1 Å². The molecule has 1 aromatic rings. The van der Waals surface area contributed by atoms with Crippen LogP contribution in [0.3, 0.4) is 0 Å². The number of rotatable bonds is 7. The van der Waals surface area contributed by atoms with Crippen LogP contribution in [0.4, 0.5) is 0 Å². The number of nitrogens with zero attached hydrogens (tertiary/aromatic N) is 3. The molecule has 2 N–H and O–H groups in total. The molecule has 120 valence electrons. The second-order valence-corrected chi connectivity index (χ2v) is 7.29. The Morgan fingerprint density at radius 3 is 2.67 bits per heavy atom. The monoisotopic (exact) mass is 315 g/mol. The van der Waals surface area contributed by atoms with Gasteiger partial charge in [-0.2, -0.15) is 17.8 Å². The van der Waals surface area contributed by atoms with Crippen molar-refractivity contribution in [1.82, 2.24) is 24.1 Å². The molecule has 0 aliphatic carbocycles. The standard InChI is InChI=1S/C13H25N5O2S/c1-14-11-12-4-9-18(10-5-12)21(19,20)15-7-3-13-6-8-17(2)16-13/h6,8,12,14-15H,3-5,7,9-11H2,1-2H3. The summed E-state index contributed by atoms with van der Waals surface area (Å²) in [5.74, 6) is 0.579. The third-order valence-corrected chi connectivity index (χ3v) is 5.45. The molecule has 0 atom stereocenters. The van der Waals surface area contributed by atoms with E-state index in [1.165, 1.54) is 0 Å². The molecule has 7 nitrogen and oxygen atoms in total. The van der Waals surface area contributed by atoms with Gasteiger partial charge in [-0.25, -0.2) is 4.72 Å². The van der Waals surface area contributed by atoms with Crippen LogP contribution in [0, 0.1) is 5.92 Å². The summed E-state index contributed by atoms with van der Waals surface area (Å²) in [7, 11) is 0.426. The third kappa shape index (κ3) is 4.77. The first kappa shape index (κ1) is 16.4. The molecule has 1 aliphatic rings. The topological polar surface area (TPSA) is 79.3 Å². The molecule has 0 radical (unpaired) electrons. The van der Waals surface area contributed by atoms with E-state index >= 15 is 0 Å². The molecule has 0 unspecified atom stereocenters. The predicted octanol–water partition coefficient (Wildman–Crippen LogP) is -0.272. The highest BCUT2D eigenvalue weighted by Gasteiger charge is 2.27. The van der Waals surface area contributed by atoms with Crippen LogP contribution in [0.2, 0.25) is 0 Å². The maximum absolute atomic E-state index is 12.2. The van der Waals surface area contributed by atoms with E-state index in [1.807, 2.05) is 26.4 Å². The first-order chi connectivity index (χ1) is 10.0. The van der Waals surface area contributed by atoms with Gasteiger partial charge < -0.3 is 5.32 Å². The minimum Gasteiger partial charge on any atom is -0.319 e. The zero-order valence-electron chi connectivity index (χ0n) is 12.7. The van der Waals surface area contributed by atoms with E-state index in [-0.39, 0.29) is 0 Å². The minimum atomic E-state index is -3.36. The summed E-state index contributed by atoms with van der Waals surface area (Å²) >= 11 is 0. The second kappa shape index (κ2) is 7.35. The van der Waals surface area contributed by atoms with Crippen LogP contribution in [-0.4, -0.2) is 55.7 Å². The third-order valence-electron chi connectivity index (χ3n) is 3.84. The summed E-state index contributed by atoms with van der Waals surface area (Å²) < 4.78 is 30.4. The fourth-order valence-electron chi connectivity index (χ4n) is 2.64. The number of aromatic nitrogens is 2. The molecule has 0 aromatic carbocycles. The Balaban J connectivity index is 1.77. The molecule has 0 amide bonds. The number of aryl methyl sites for hydroxylation is 1. The Morgan fingerprint density at radius 2 is 2.10 bits per heavy atom. The molecule has 1 fully saturated rings. The molecule has 8 heteroatoms. The Morgan fingerprint density at radius 1 is 1.38 bits per heavy atom. The highest BCUT2D eigenvalue weighted by atomic mass is 32.2. The lowest BCUT2D eigenvalue weighted by Crippen LogP contribution is -2.46. The largest absolute Gasteiger partial charge is 0.319 e. The highest BCUT2D eigenvalue weighted by molar-refractivity contribution is 7.87. The van der Waals surface area contributed by atoms with Crippen LogP contribution in [-0.2, 0) is 23.7 Å². The average molecular weight is 315 g/mol. The van der Waals surface area contributed by atoms with Crippen molar-refractivity contribution in [1.29, 1.82) is 0 Å². The van der Waals surface area contributed by atoms with Gasteiger partial charge in [0.2, 0.25) is 0 Å². The molecule has 0 spiro atoms. The van der Waals surface area contributed by atoms with E-state index in [1.54, 1.807) is 8.99 Å². The fraction of sp³-hybridized carbons (Fsp3) is 0.769. The van der Waals surface area contributed by atoms with Crippen molar-refractivity contribution in [2.24, 2.45) is 13.0 Å². The first-order valence-corrected chi connectivity index (χ1v) is 8.83. The summed E-state index contributed by atoms with van der Waals surface area (Å²) in [5, 5.41) is 7.39. The zero-order valence-corrected chi connectivity index (χ0v) is 13.6. The predicted molar refractivity (Wildman–Crippen MR) is 82.1 cm³/mol. The van der Waals surface area contributed by atoms with Gasteiger partial charge in [-0.3, -0.25) is 4.68 Å². The van der Waals surface area contributed by atoms with Gasteiger partial charge in [0.15, 0.2) is 0 Å². The maximum atomic E-state index is 12.2. The van der Waals surface area contributed by atoms with Crippen molar-refractivity contribution in [3.8, 4) is 0 Å². The fourth-order valence-corrected chi connectivity index (χ4v) is 3.87. The van der Waals surface area contributed by atoms with Crippen molar-refractivity contribution >= 4 is 10.2 Å². The Bertz CT molecular complexity index is 535. The van der Waals surface area contributed by atoms with E-state index < -0.39 is 10.2 Å². The number of hydrogen-bond acceptors (Lipinski definition) is 4. The zero-order chi connectivity index (χ0) is 15.3. The summed E-state index contributed by atoms with van der Waals surface area (Å²) in [4.78, 5) is 0. The van der Waals surface area contributed by atoms with E-state index in [4.69, 9.17) is 0 Å². The van der Waals surface area contributed by atoms with Gasteiger partial charge in [0.05, 0.1) is 5.69 Å². The minimum absolute atomic E-state index is 0.385. The number of nitrogens with one attached hydrogen (secondary N) is 2. The molecule has 1 aromatic heterocycles. The van der Waals surface area contributed by atoms with E-state index in [2.05, 4.69) is 15.1 Å². The van der Waals surface area contributed by atoms with Crippen molar-refractivity contribution in [3.05, 3.63) is 18.0 Å². The summed E-state index contributed by atoms with van der Waals surface area (Å²) in [6.45, 7) is 2.55. The molecule has 1 saturated heterocycles. The lowest BCUT2D eigenvalue weighted by Gasteiger charge is -2.31. The first-order valence-electron chi connectivity index (χ1n) is 7.39. The van der Waals surface area contributed by atoms with Gasteiger partial charge >= 0.3 is 0 Å². The van der Waals surface area contributed by atoms with Crippen LogP contribution in [0.15, 0.2) is 12.3 Å². The van der Waals surface area contributed by atoms with Crippen LogP contribution in [0.5, 0.6) is 0 Å². The van der Waals surface area contributed by atoms with Gasteiger partial charge in [-0.1, -0.05) is 0 Å². The van der Waals surface area contributed by atoms with Gasteiger partial charge in [-0.15, -0.1) is 0 Å². The van der Waals surface area contributed by atoms with Gasteiger partial charge in [0.25, 0.3) is 10.2 Å².